The fraction of sp³-hybridized carbons (Fsp3) is 0.321. The van der Waals surface area contributed by atoms with E-state index >= 15 is 0 Å². The van der Waals surface area contributed by atoms with Crippen LogP contribution in [0.25, 0.3) is 0 Å². The summed E-state index contributed by atoms with van der Waals surface area (Å²) in [6.07, 6.45) is 2.15. The van der Waals surface area contributed by atoms with Crippen molar-refractivity contribution in [3.8, 4) is 11.5 Å². The van der Waals surface area contributed by atoms with Gasteiger partial charge in [-0.1, -0.05) is 61.4 Å². The number of rotatable bonds is 12. The molecule has 0 aliphatic heterocycles. The van der Waals surface area contributed by atoms with E-state index in [1.165, 1.54) is 5.56 Å². The normalized spacial score (nSPS) is 11.6. The number of hydrogen-bond donors (Lipinski definition) is 2. The molecule has 2 N–H and O–H groups in total. The lowest BCUT2D eigenvalue weighted by molar-refractivity contribution is -0.118. The highest BCUT2D eigenvalue weighted by atomic mass is 79.9. The predicted octanol–water partition coefficient (Wildman–Crippen LogP) is 6.80. The van der Waals surface area contributed by atoms with Gasteiger partial charge in [0.15, 0.2) is 18.1 Å². The number of halogens is 1. The summed E-state index contributed by atoms with van der Waals surface area (Å²) in [5, 5.41) is 6.52. The van der Waals surface area contributed by atoms with Crippen molar-refractivity contribution in [1.29, 1.82) is 0 Å². The van der Waals surface area contributed by atoms with Crippen molar-refractivity contribution in [3.05, 3.63) is 87.9 Å². The van der Waals surface area contributed by atoms with Crippen LogP contribution in [-0.2, 0) is 11.3 Å². The standard InChI is InChI=1S/C28H33BrN2O3/c1-4-9-25(22-10-7-6-8-11-22)30-18-21-16-24(29)28(26(17-21)33-5-2)34-19-27(32)31-23-14-12-20(3)13-15-23/h6-8,10-17,25,30H,4-5,9,18-19H2,1-3H3,(H,31,32). The number of ether oxygens (including phenoxy) is 2. The van der Waals surface area contributed by atoms with Crippen molar-refractivity contribution >= 4 is 27.5 Å². The van der Waals surface area contributed by atoms with E-state index in [0.29, 0.717) is 24.7 Å². The minimum absolute atomic E-state index is 0.114. The topological polar surface area (TPSA) is 59.6 Å². The van der Waals surface area contributed by atoms with Gasteiger partial charge in [0.05, 0.1) is 11.1 Å². The number of nitrogens with one attached hydrogen (secondary N) is 2. The number of benzene rings is 3. The molecule has 0 aliphatic rings. The molecule has 0 heterocycles. The first-order chi connectivity index (χ1) is 16.5. The second-order valence-corrected chi connectivity index (χ2v) is 9.03. The van der Waals surface area contributed by atoms with Crippen molar-refractivity contribution in [2.45, 2.75) is 46.2 Å². The summed E-state index contributed by atoms with van der Waals surface area (Å²) >= 11 is 3.61. The summed E-state index contributed by atoms with van der Waals surface area (Å²) in [4.78, 5) is 12.4. The molecule has 34 heavy (non-hydrogen) atoms. The monoisotopic (exact) mass is 524 g/mol. The van der Waals surface area contributed by atoms with E-state index in [4.69, 9.17) is 9.47 Å². The Morgan fingerprint density at radius 1 is 1.00 bits per heavy atom. The fourth-order valence-corrected chi connectivity index (χ4v) is 4.30. The molecule has 5 nitrogen and oxygen atoms in total. The minimum Gasteiger partial charge on any atom is -0.490 e. The smallest absolute Gasteiger partial charge is 0.262 e. The van der Waals surface area contributed by atoms with E-state index in [0.717, 1.165) is 34.1 Å². The van der Waals surface area contributed by atoms with E-state index in [1.54, 1.807) is 0 Å². The van der Waals surface area contributed by atoms with Gasteiger partial charge in [-0.25, -0.2) is 0 Å². The van der Waals surface area contributed by atoms with Gasteiger partial charge in [0.25, 0.3) is 5.91 Å². The zero-order chi connectivity index (χ0) is 24.3. The molecule has 0 saturated carbocycles. The van der Waals surface area contributed by atoms with E-state index in [1.807, 2.05) is 56.3 Å². The van der Waals surface area contributed by atoms with Crippen LogP contribution in [-0.4, -0.2) is 19.1 Å². The van der Waals surface area contributed by atoms with Crippen LogP contribution >= 0.6 is 15.9 Å². The molecule has 0 aromatic heterocycles. The molecular formula is C28H33BrN2O3. The summed E-state index contributed by atoms with van der Waals surface area (Å²) in [6.45, 7) is 7.20. The molecule has 1 amide bonds. The van der Waals surface area contributed by atoms with E-state index in [9.17, 15) is 4.79 Å². The Labute approximate surface area is 211 Å². The maximum atomic E-state index is 12.4. The number of carbonyl (C=O) groups excluding carboxylic acids is 1. The summed E-state index contributed by atoms with van der Waals surface area (Å²) in [7, 11) is 0. The van der Waals surface area contributed by atoms with Crippen molar-refractivity contribution in [2.75, 3.05) is 18.5 Å². The lowest BCUT2D eigenvalue weighted by atomic mass is 10.0. The van der Waals surface area contributed by atoms with Crippen molar-refractivity contribution in [3.63, 3.8) is 0 Å². The zero-order valence-corrected chi connectivity index (χ0v) is 21.7. The average Bonchev–Trinajstić information content (AvgIpc) is 2.83. The van der Waals surface area contributed by atoms with Crippen LogP contribution < -0.4 is 20.1 Å². The molecule has 6 heteroatoms. The van der Waals surface area contributed by atoms with Crippen molar-refractivity contribution < 1.29 is 14.3 Å². The summed E-state index contributed by atoms with van der Waals surface area (Å²) in [5.41, 5.74) is 4.24. The highest BCUT2D eigenvalue weighted by molar-refractivity contribution is 9.10. The first kappa shape index (κ1) is 25.8. The number of carbonyl (C=O) groups is 1. The fourth-order valence-electron chi connectivity index (χ4n) is 3.70. The summed E-state index contributed by atoms with van der Waals surface area (Å²) in [6, 6.07) is 22.4. The molecule has 3 aromatic rings. The van der Waals surface area contributed by atoms with Gasteiger partial charge in [0.1, 0.15) is 0 Å². The Morgan fingerprint density at radius 2 is 1.74 bits per heavy atom. The van der Waals surface area contributed by atoms with Gasteiger partial charge in [-0.05, 0) is 71.6 Å². The first-order valence-electron chi connectivity index (χ1n) is 11.7. The quantitative estimate of drug-likeness (QED) is 0.273. The van der Waals surface area contributed by atoms with Gasteiger partial charge < -0.3 is 20.1 Å². The van der Waals surface area contributed by atoms with E-state index < -0.39 is 0 Å². The van der Waals surface area contributed by atoms with Gasteiger partial charge in [0, 0.05) is 18.3 Å². The third-order valence-electron chi connectivity index (χ3n) is 5.38. The van der Waals surface area contributed by atoms with Gasteiger partial charge >= 0.3 is 0 Å². The second kappa shape index (κ2) is 13.2. The molecule has 180 valence electrons. The molecule has 0 fully saturated rings. The lowest BCUT2D eigenvalue weighted by Crippen LogP contribution is -2.21. The third-order valence-corrected chi connectivity index (χ3v) is 5.97. The summed E-state index contributed by atoms with van der Waals surface area (Å²) < 4.78 is 12.5. The van der Waals surface area contributed by atoms with Crippen LogP contribution in [0.5, 0.6) is 11.5 Å². The van der Waals surface area contributed by atoms with Crippen molar-refractivity contribution in [2.24, 2.45) is 0 Å². The zero-order valence-electron chi connectivity index (χ0n) is 20.1. The highest BCUT2D eigenvalue weighted by Crippen LogP contribution is 2.37. The number of aryl methyl sites for hydroxylation is 1. The SMILES string of the molecule is CCCC(NCc1cc(Br)c(OCC(=O)Nc2ccc(C)cc2)c(OCC)c1)c1ccccc1. The summed E-state index contributed by atoms with van der Waals surface area (Å²) in [5.74, 6) is 0.913. The molecule has 0 bridgehead atoms. The maximum Gasteiger partial charge on any atom is 0.262 e. The van der Waals surface area contributed by atoms with Crippen LogP contribution in [0.3, 0.4) is 0 Å². The Morgan fingerprint density at radius 3 is 2.41 bits per heavy atom. The molecule has 0 aliphatic carbocycles. The largest absolute Gasteiger partial charge is 0.490 e. The van der Waals surface area contributed by atoms with E-state index in [-0.39, 0.29) is 18.6 Å². The van der Waals surface area contributed by atoms with Crippen LogP contribution in [0.4, 0.5) is 5.69 Å². The second-order valence-electron chi connectivity index (χ2n) is 8.17. The minimum atomic E-state index is -0.228. The van der Waals surface area contributed by atoms with E-state index in [2.05, 4.69) is 57.8 Å². The molecule has 3 aromatic carbocycles. The van der Waals surface area contributed by atoms with Crippen molar-refractivity contribution in [1.82, 2.24) is 5.32 Å². The van der Waals surface area contributed by atoms with Gasteiger partial charge in [-0.3, -0.25) is 4.79 Å². The molecule has 0 spiro atoms. The van der Waals surface area contributed by atoms with Gasteiger partial charge in [0.2, 0.25) is 0 Å². The molecule has 0 saturated heterocycles. The molecule has 0 radical (unpaired) electrons. The van der Waals surface area contributed by atoms with Crippen LogP contribution in [0, 0.1) is 6.92 Å². The van der Waals surface area contributed by atoms with Gasteiger partial charge in [-0.2, -0.15) is 0 Å². The number of hydrogen-bond acceptors (Lipinski definition) is 4. The molecule has 1 atom stereocenters. The van der Waals surface area contributed by atoms with Crippen LogP contribution in [0.15, 0.2) is 71.2 Å². The molecule has 3 rings (SSSR count). The molecular weight excluding hydrogens is 492 g/mol. The first-order valence-corrected chi connectivity index (χ1v) is 12.5. The number of anilines is 1. The Balaban J connectivity index is 1.67. The van der Waals surface area contributed by atoms with Crippen LogP contribution in [0.1, 0.15) is 49.4 Å². The molecule has 1 unspecified atom stereocenters. The predicted molar refractivity (Wildman–Crippen MR) is 142 cm³/mol. The Kier molecular flexibility index (Phi) is 9.98. The lowest BCUT2D eigenvalue weighted by Gasteiger charge is -2.20. The van der Waals surface area contributed by atoms with Gasteiger partial charge in [-0.15, -0.1) is 0 Å². The third kappa shape index (κ3) is 7.61. The Hall–Kier alpha value is -2.83. The Bertz CT molecular complexity index is 1060. The average molecular weight is 525 g/mol. The highest BCUT2D eigenvalue weighted by Gasteiger charge is 2.16. The number of amides is 1. The maximum absolute atomic E-state index is 12.4. The van der Waals surface area contributed by atoms with Crippen LogP contribution in [0.2, 0.25) is 0 Å².